The minimum absolute atomic E-state index is 0.407. The van der Waals surface area contributed by atoms with Gasteiger partial charge in [0.2, 0.25) is 0 Å². The molecule has 1 N–H and O–H groups in total. The number of hydrogen-bond donors (Lipinski definition) is 1. The Hall–Kier alpha value is -1.31. The second-order valence-electron chi connectivity index (χ2n) is 5.67. The number of hydrogen-bond acceptors (Lipinski definition) is 4. The molecule has 1 saturated heterocycles. The molecule has 2 rings (SSSR count). The van der Waals surface area contributed by atoms with E-state index in [-0.39, 0.29) is 0 Å². The van der Waals surface area contributed by atoms with Gasteiger partial charge in [0.05, 0.1) is 0 Å². The molecule has 1 aliphatic heterocycles. The first-order valence-corrected chi connectivity index (χ1v) is 7.28. The van der Waals surface area contributed by atoms with Crippen LogP contribution in [0.15, 0.2) is 18.2 Å². The van der Waals surface area contributed by atoms with Crippen molar-refractivity contribution >= 4 is 0 Å². The lowest BCUT2D eigenvalue weighted by Crippen LogP contribution is -2.53. The molecule has 1 aromatic carbocycles. The van der Waals surface area contributed by atoms with E-state index in [1.165, 1.54) is 12.1 Å². The van der Waals surface area contributed by atoms with E-state index in [4.69, 9.17) is 0 Å². The Morgan fingerprint density at radius 2 is 2.09 bits per heavy atom. The first-order chi connectivity index (χ1) is 10.5. The van der Waals surface area contributed by atoms with E-state index in [0.717, 1.165) is 26.2 Å². The largest absolute Gasteiger partial charge is 0.432 e. The van der Waals surface area contributed by atoms with Gasteiger partial charge in [0.1, 0.15) is 0 Å². The van der Waals surface area contributed by atoms with Gasteiger partial charge in [-0.15, -0.1) is 0 Å². The van der Waals surface area contributed by atoms with Crippen molar-refractivity contribution in [1.29, 1.82) is 0 Å². The molecule has 0 amide bonds. The monoisotopic (exact) mass is 317 g/mol. The van der Waals surface area contributed by atoms with Crippen molar-refractivity contribution < 1.29 is 17.9 Å². The van der Waals surface area contributed by atoms with Crippen LogP contribution in [0.1, 0.15) is 5.56 Å². The van der Waals surface area contributed by atoms with Crippen LogP contribution in [-0.4, -0.2) is 62.7 Å². The number of benzene rings is 1. The number of piperazine rings is 1. The zero-order chi connectivity index (χ0) is 16.1. The summed E-state index contributed by atoms with van der Waals surface area (Å²) < 4.78 is 41.8. The lowest BCUT2D eigenvalue weighted by atomic mass is 10.1. The molecule has 0 aliphatic carbocycles. The molecule has 0 saturated carbocycles. The average Bonchev–Trinajstić information content (AvgIpc) is 2.45. The van der Waals surface area contributed by atoms with Crippen LogP contribution in [0.2, 0.25) is 0 Å². The molecule has 124 valence electrons. The van der Waals surface area contributed by atoms with Crippen LogP contribution in [0.4, 0.5) is 13.2 Å². The Bertz CT molecular complexity index is 487. The molecule has 0 bridgehead atoms. The molecule has 0 radical (unpaired) electrons. The standard InChI is InChI=1S/C15H22F3N3O/c1-20-5-6-21(2)12(10-20)9-19-8-11-3-4-14(13(16)7-11)22-15(17)18/h3-4,7,12,15,19H,5-6,8-10H2,1-2H3. The highest BCUT2D eigenvalue weighted by Crippen LogP contribution is 2.20. The van der Waals surface area contributed by atoms with Crippen LogP contribution in [-0.2, 0) is 6.54 Å². The molecular weight excluding hydrogens is 295 g/mol. The van der Waals surface area contributed by atoms with Gasteiger partial charge < -0.3 is 15.0 Å². The fraction of sp³-hybridized carbons (Fsp3) is 0.600. The van der Waals surface area contributed by atoms with Gasteiger partial charge in [-0.2, -0.15) is 8.78 Å². The molecule has 1 fully saturated rings. The van der Waals surface area contributed by atoms with Gasteiger partial charge >= 0.3 is 6.61 Å². The second kappa shape index (κ2) is 7.80. The van der Waals surface area contributed by atoms with Gasteiger partial charge in [0.15, 0.2) is 11.6 Å². The fourth-order valence-electron chi connectivity index (χ4n) is 2.55. The quantitative estimate of drug-likeness (QED) is 0.865. The van der Waals surface area contributed by atoms with Crippen molar-refractivity contribution in [2.45, 2.75) is 19.2 Å². The summed E-state index contributed by atoms with van der Waals surface area (Å²) in [5.41, 5.74) is 0.700. The van der Waals surface area contributed by atoms with Gasteiger partial charge in [0, 0.05) is 38.8 Å². The highest BCUT2D eigenvalue weighted by atomic mass is 19.3. The van der Waals surface area contributed by atoms with Crippen LogP contribution in [0, 0.1) is 5.82 Å². The van der Waals surface area contributed by atoms with E-state index in [1.807, 2.05) is 0 Å². The third-order valence-corrected chi connectivity index (χ3v) is 3.90. The number of nitrogens with zero attached hydrogens (tertiary/aromatic N) is 2. The number of rotatable bonds is 6. The molecular formula is C15H22F3N3O. The van der Waals surface area contributed by atoms with E-state index >= 15 is 0 Å². The van der Waals surface area contributed by atoms with Crippen LogP contribution >= 0.6 is 0 Å². The summed E-state index contributed by atoms with van der Waals surface area (Å²) in [6.07, 6.45) is 0. The average molecular weight is 317 g/mol. The molecule has 1 aromatic rings. The van der Waals surface area contributed by atoms with E-state index in [1.54, 1.807) is 6.07 Å². The SMILES string of the molecule is CN1CCN(C)C(CNCc2ccc(OC(F)F)c(F)c2)C1. The Balaban J connectivity index is 1.83. The van der Waals surface area contributed by atoms with Gasteiger partial charge in [-0.1, -0.05) is 6.07 Å². The lowest BCUT2D eigenvalue weighted by Gasteiger charge is -2.37. The molecule has 1 aliphatic rings. The molecule has 7 heteroatoms. The molecule has 22 heavy (non-hydrogen) atoms. The van der Waals surface area contributed by atoms with Crippen molar-refractivity contribution in [2.24, 2.45) is 0 Å². The highest BCUT2D eigenvalue weighted by Gasteiger charge is 2.21. The fourth-order valence-corrected chi connectivity index (χ4v) is 2.55. The summed E-state index contributed by atoms with van der Waals surface area (Å²) in [4.78, 5) is 4.58. The second-order valence-corrected chi connectivity index (χ2v) is 5.67. The summed E-state index contributed by atoms with van der Waals surface area (Å²) >= 11 is 0. The molecule has 4 nitrogen and oxygen atoms in total. The van der Waals surface area contributed by atoms with Crippen molar-refractivity contribution in [2.75, 3.05) is 40.3 Å². The minimum Gasteiger partial charge on any atom is -0.432 e. The topological polar surface area (TPSA) is 27.7 Å². The molecule has 0 aromatic heterocycles. The molecule has 1 unspecified atom stereocenters. The van der Waals surface area contributed by atoms with E-state index in [9.17, 15) is 13.2 Å². The molecule has 0 spiro atoms. The Kier molecular flexibility index (Phi) is 6.05. The van der Waals surface area contributed by atoms with Crippen molar-refractivity contribution in [3.8, 4) is 5.75 Å². The zero-order valence-electron chi connectivity index (χ0n) is 12.9. The Labute approximate surface area is 128 Å². The lowest BCUT2D eigenvalue weighted by molar-refractivity contribution is -0.0522. The van der Waals surface area contributed by atoms with E-state index in [2.05, 4.69) is 33.9 Å². The van der Waals surface area contributed by atoms with E-state index in [0.29, 0.717) is 18.2 Å². The normalized spacial score (nSPS) is 20.5. The predicted octanol–water partition coefficient (Wildman–Crippen LogP) is 1.76. The summed E-state index contributed by atoms with van der Waals surface area (Å²) in [5, 5.41) is 3.29. The molecule has 1 atom stereocenters. The molecule has 1 heterocycles. The first-order valence-electron chi connectivity index (χ1n) is 7.28. The maximum absolute atomic E-state index is 13.6. The maximum atomic E-state index is 13.6. The Morgan fingerprint density at radius 1 is 1.32 bits per heavy atom. The van der Waals surface area contributed by atoms with Crippen molar-refractivity contribution in [3.05, 3.63) is 29.6 Å². The summed E-state index contributed by atoms with van der Waals surface area (Å²) in [6.45, 7) is 1.33. The van der Waals surface area contributed by atoms with Gasteiger partial charge in [-0.3, -0.25) is 4.90 Å². The number of ether oxygens (including phenoxy) is 1. The summed E-state index contributed by atoms with van der Waals surface area (Å²) in [5.74, 6) is -1.19. The van der Waals surface area contributed by atoms with Crippen LogP contribution in [0.3, 0.4) is 0 Å². The number of nitrogens with one attached hydrogen (secondary N) is 1. The summed E-state index contributed by atoms with van der Waals surface area (Å²) in [7, 11) is 4.19. The van der Waals surface area contributed by atoms with Crippen molar-refractivity contribution in [1.82, 2.24) is 15.1 Å². The first kappa shape index (κ1) is 17.1. The van der Waals surface area contributed by atoms with Gasteiger partial charge in [0.25, 0.3) is 0 Å². The number of alkyl halides is 2. The minimum atomic E-state index is -3.02. The highest BCUT2D eigenvalue weighted by molar-refractivity contribution is 5.29. The van der Waals surface area contributed by atoms with Gasteiger partial charge in [-0.25, -0.2) is 4.39 Å². The smallest absolute Gasteiger partial charge is 0.387 e. The Morgan fingerprint density at radius 3 is 2.77 bits per heavy atom. The van der Waals surface area contributed by atoms with Crippen molar-refractivity contribution in [3.63, 3.8) is 0 Å². The van der Waals surface area contributed by atoms with E-state index < -0.39 is 18.2 Å². The third kappa shape index (κ3) is 4.86. The van der Waals surface area contributed by atoms with Crippen LogP contribution < -0.4 is 10.1 Å². The number of halogens is 3. The summed E-state index contributed by atoms with van der Waals surface area (Å²) in [6, 6.07) is 4.45. The van der Waals surface area contributed by atoms with Crippen LogP contribution in [0.5, 0.6) is 5.75 Å². The maximum Gasteiger partial charge on any atom is 0.387 e. The number of likely N-dealkylation sites (N-methyl/N-ethyl adjacent to an activating group) is 2. The third-order valence-electron chi connectivity index (χ3n) is 3.90. The predicted molar refractivity (Wildman–Crippen MR) is 78.7 cm³/mol. The van der Waals surface area contributed by atoms with Crippen LogP contribution in [0.25, 0.3) is 0 Å². The zero-order valence-corrected chi connectivity index (χ0v) is 12.9. The van der Waals surface area contributed by atoms with Gasteiger partial charge in [-0.05, 0) is 31.8 Å².